The molecule has 0 amide bonds. The van der Waals surface area contributed by atoms with Crippen molar-refractivity contribution in [3.63, 3.8) is 0 Å². The summed E-state index contributed by atoms with van der Waals surface area (Å²) in [5.41, 5.74) is 3.21. The molecule has 6 nitrogen and oxygen atoms in total. The lowest BCUT2D eigenvalue weighted by atomic mass is 10.2. The van der Waals surface area contributed by atoms with Crippen molar-refractivity contribution in [3.05, 3.63) is 47.4 Å². The molecule has 0 bridgehead atoms. The second-order valence-corrected chi connectivity index (χ2v) is 5.99. The topological polar surface area (TPSA) is 64.3 Å². The Balaban J connectivity index is 1.76. The highest BCUT2D eigenvalue weighted by molar-refractivity contribution is 5.51. The molecular formula is C18H23N5O. The molecule has 1 aromatic carbocycles. The molecule has 0 aliphatic rings. The minimum atomic E-state index is 0.0678. The van der Waals surface area contributed by atoms with E-state index in [4.69, 9.17) is 4.74 Å². The van der Waals surface area contributed by atoms with Gasteiger partial charge in [-0.15, -0.1) is 0 Å². The molecule has 0 radical (unpaired) electrons. The Kier molecular flexibility index (Phi) is 4.64. The molecule has 3 rings (SSSR count). The number of hydrogen-bond donors (Lipinski definition) is 1. The van der Waals surface area contributed by atoms with Crippen LogP contribution in [0.15, 0.2) is 30.6 Å². The van der Waals surface area contributed by atoms with Crippen molar-refractivity contribution in [3.8, 4) is 5.75 Å². The first-order chi connectivity index (χ1) is 11.6. The van der Waals surface area contributed by atoms with Crippen molar-refractivity contribution >= 4 is 11.6 Å². The van der Waals surface area contributed by atoms with Crippen LogP contribution >= 0.6 is 0 Å². The molecule has 0 spiro atoms. The Morgan fingerprint density at radius 1 is 1.25 bits per heavy atom. The van der Waals surface area contributed by atoms with E-state index in [-0.39, 0.29) is 6.10 Å². The zero-order chi connectivity index (χ0) is 17.1. The molecule has 0 saturated heterocycles. The van der Waals surface area contributed by atoms with Crippen molar-refractivity contribution < 1.29 is 4.74 Å². The first-order valence-electron chi connectivity index (χ1n) is 8.22. The van der Waals surface area contributed by atoms with Gasteiger partial charge in [0.25, 0.3) is 5.78 Å². The molecule has 0 saturated carbocycles. The van der Waals surface area contributed by atoms with E-state index in [1.807, 2.05) is 26.0 Å². The van der Waals surface area contributed by atoms with Gasteiger partial charge in [-0.05, 0) is 44.9 Å². The van der Waals surface area contributed by atoms with Crippen LogP contribution in [0.4, 0.5) is 5.82 Å². The summed E-state index contributed by atoms with van der Waals surface area (Å²) in [5.74, 6) is 2.42. The number of nitrogens with zero attached hydrogens (tertiary/aromatic N) is 4. The van der Waals surface area contributed by atoms with Crippen LogP contribution < -0.4 is 10.1 Å². The molecule has 2 aromatic heterocycles. The smallest absolute Gasteiger partial charge is 0.254 e. The fraction of sp³-hybridized carbons (Fsp3) is 0.389. The van der Waals surface area contributed by atoms with Gasteiger partial charge in [0.05, 0.1) is 6.54 Å². The molecule has 126 valence electrons. The van der Waals surface area contributed by atoms with Gasteiger partial charge in [0.2, 0.25) is 0 Å². The van der Waals surface area contributed by atoms with Crippen LogP contribution in [0, 0.1) is 20.8 Å². The molecule has 3 aromatic rings. The average molecular weight is 325 g/mol. The lowest BCUT2D eigenvalue weighted by Crippen LogP contribution is -2.26. The number of aromatic nitrogens is 4. The van der Waals surface area contributed by atoms with Gasteiger partial charge >= 0.3 is 0 Å². The number of aryl methyl sites for hydroxylation is 2. The van der Waals surface area contributed by atoms with Gasteiger partial charge < -0.3 is 10.1 Å². The third kappa shape index (κ3) is 3.32. The summed E-state index contributed by atoms with van der Waals surface area (Å²) in [4.78, 5) is 8.61. The summed E-state index contributed by atoms with van der Waals surface area (Å²) < 4.78 is 7.84. The van der Waals surface area contributed by atoms with Crippen molar-refractivity contribution in [2.45, 2.75) is 40.2 Å². The number of nitrogens with one attached hydrogen (secondary N) is 1. The highest BCUT2D eigenvalue weighted by Gasteiger charge is 2.14. The number of benzene rings is 1. The first kappa shape index (κ1) is 16.2. The minimum Gasteiger partial charge on any atom is -0.489 e. The number of fused-ring (bicyclic) bond motifs is 1. The van der Waals surface area contributed by atoms with Crippen molar-refractivity contribution in [1.82, 2.24) is 19.6 Å². The fourth-order valence-electron chi connectivity index (χ4n) is 2.60. The second kappa shape index (κ2) is 6.86. The van der Waals surface area contributed by atoms with E-state index in [2.05, 4.69) is 46.4 Å². The van der Waals surface area contributed by atoms with Crippen LogP contribution in [0.25, 0.3) is 5.78 Å². The summed E-state index contributed by atoms with van der Waals surface area (Å²) in [7, 11) is 0. The Bertz CT molecular complexity index is 843. The summed E-state index contributed by atoms with van der Waals surface area (Å²) in [6, 6.07) is 8.13. The maximum absolute atomic E-state index is 6.11. The maximum atomic E-state index is 6.11. The standard InChI is InChI=1S/C18H23N5O/c1-5-15(24-16-8-6-7-12(2)9-16)10-19-17-13(3)14(4)22-18-20-11-21-23(17)18/h6-9,11,15,19H,5,10H2,1-4H3. The number of hydrogen-bond acceptors (Lipinski definition) is 5. The van der Waals surface area contributed by atoms with Gasteiger partial charge in [0.1, 0.15) is 24.0 Å². The molecule has 0 aliphatic heterocycles. The van der Waals surface area contributed by atoms with Gasteiger partial charge in [0.15, 0.2) is 0 Å². The normalized spacial score (nSPS) is 12.3. The molecule has 1 atom stereocenters. The summed E-state index contributed by atoms with van der Waals surface area (Å²) in [5, 5.41) is 7.72. The molecule has 0 fully saturated rings. The predicted molar refractivity (Wildman–Crippen MR) is 94.6 cm³/mol. The molecule has 0 aliphatic carbocycles. The molecular weight excluding hydrogens is 302 g/mol. The average Bonchev–Trinajstić information content (AvgIpc) is 3.02. The van der Waals surface area contributed by atoms with E-state index in [0.717, 1.165) is 29.2 Å². The Morgan fingerprint density at radius 2 is 2.08 bits per heavy atom. The van der Waals surface area contributed by atoms with Gasteiger partial charge in [-0.1, -0.05) is 19.1 Å². The van der Waals surface area contributed by atoms with Crippen LogP contribution in [0.2, 0.25) is 0 Å². The van der Waals surface area contributed by atoms with Crippen LogP contribution in [0.1, 0.15) is 30.2 Å². The van der Waals surface area contributed by atoms with Gasteiger partial charge in [-0.25, -0.2) is 4.98 Å². The number of rotatable bonds is 6. The Hall–Kier alpha value is -2.63. The Morgan fingerprint density at radius 3 is 2.83 bits per heavy atom. The van der Waals surface area contributed by atoms with Crippen LogP contribution in [0.5, 0.6) is 5.75 Å². The van der Waals surface area contributed by atoms with E-state index >= 15 is 0 Å². The molecule has 1 N–H and O–H groups in total. The minimum absolute atomic E-state index is 0.0678. The van der Waals surface area contributed by atoms with Crippen LogP contribution in [-0.2, 0) is 0 Å². The Labute approximate surface area is 141 Å². The third-order valence-corrected chi connectivity index (χ3v) is 4.15. The monoisotopic (exact) mass is 325 g/mol. The van der Waals surface area contributed by atoms with Crippen molar-refractivity contribution in [1.29, 1.82) is 0 Å². The largest absolute Gasteiger partial charge is 0.489 e. The highest BCUT2D eigenvalue weighted by Crippen LogP contribution is 2.19. The van der Waals surface area contributed by atoms with Crippen molar-refractivity contribution in [2.24, 2.45) is 0 Å². The first-order valence-corrected chi connectivity index (χ1v) is 8.22. The summed E-state index contributed by atoms with van der Waals surface area (Å²) >= 11 is 0. The SMILES string of the molecule is CCC(CNc1c(C)c(C)nc2ncnn12)Oc1cccc(C)c1. The van der Waals surface area contributed by atoms with Gasteiger partial charge in [-0.3, -0.25) is 0 Å². The molecule has 1 unspecified atom stereocenters. The van der Waals surface area contributed by atoms with Crippen LogP contribution in [0.3, 0.4) is 0 Å². The molecule has 2 heterocycles. The van der Waals surface area contributed by atoms with E-state index in [1.54, 1.807) is 4.52 Å². The molecule has 6 heteroatoms. The third-order valence-electron chi connectivity index (χ3n) is 4.15. The summed E-state index contributed by atoms with van der Waals surface area (Å²) in [6.07, 6.45) is 2.50. The quantitative estimate of drug-likeness (QED) is 0.753. The zero-order valence-electron chi connectivity index (χ0n) is 14.6. The zero-order valence-corrected chi connectivity index (χ0v) is 14.6. The van der Waals surface area contributed by atoms with E-state index in [9.17, 15) is 0 Å². The maximum Gasteiger partial charge on any atom is 0.254 e. The number of anilines is 1. The molecule has 24 heavy (non-hydrogen) atoms. The van der Waals surface area contributed by atoms with E-state index in [1.165, 1.54) is 11.9 Å². The van der Waals surface area contributed by atoms with Gasteiger partial charge in [-0.2, -0.15) is 14.6 Å². The number of ether oxygens (including phenoxy) is 1. The fourth-order valence-corrected chi connectivity index (χ4v) is 2.60. The van der Waals surface area contributed by atoms with Crippen LogP contribution in [-0.4, -0.2) is 32.2 Å². The lowest BCUT2D eigenvalue weighted by molar-refractivity contribution is 0.209. The lowest BCUT2D eigenvalue weighted by Gasteiger charge is -2.20. The second-order valence-electron chi connectivity index (χ2n) is 5.99. The van der Waals surface area contributed by atoms with E-state index in [0.29, 0.717) is 12.3 Å². The van der Waals surface area contributed by atoms with Crippen molar-refractivity contribution in [2.75, 3.05) is 11.9 Å². The van der Waals surface area contributed by atoms with Gasteiger partial charge in [0, 0.05) is 11.3 Å². The van der Waals surface area contributed by atoms with E-state index < -0.39 is 0 Å². The summed E-state index contributed by atoms with van der Waals surface area (Å²) in [6.45, 7) is 8.89. The predicted octanol–water partition coefficient (Wildman–Crippen LogP) is 3.32. The highest BCUT2D eigenvalue weighted by atomic mass is 16.5.